The van der Waals surface area contributed by atoms with Crippen LogP contribution in [0.4, 0.5) is 0 Å². The van der Waals surface area contributed by atoms with E-state index in [9.17, 15) is 8.42 Å². The van der Waals surface area contributed by atoms with Crippen LogP contribution >= 0.6 is 0 Å². The lowest BCUT2D eigenvalue weighted by molar-refractivity contribution is 0.288. The molecule has 6 nitrogen and oxygen atoms in total. The maximum atomic E-state index is 11.9. The zero-order valence-electron chi connectivity index (χ0n) is 10.8. The summed E-state index contributed by atoms with van der Waals surface area (Å²) >= 11 is 0. The van der Waals surface area contributed by atoms with E-state index < -0.39 is 10.0 Å². The van der Waals surface area contributed by atoms with Crippen molar-refractivity contribution in [1.29, 1.82) is 0 Å². The molecule has 2 heterocycles. The van der Waals surface area contributed by atoms with Gasteiger partial charge in [-0.25, -0.2) is 12.7 Å². The van der Waals surface area contributed by atoms with Crippen molar-refractivity contribution in [2.45, 2.75) is 39.0 Å². The van der Waals surface area contributed by atoms with Crippen LogP contribution in [0, 0.1) is 6.92 Å². The predicted octanol–water partition coefficient (Wildman–Crippen LogP) is 1.30. The number of hydrogen-bond acceptors (Lipinski definition) is 5. The van der Waals surface area contributed by atoms with Crippen LogP contribution in [0.3, 0.4) is 0 Å². The van der Waals surface area contributed by atoms with Gasteiger partial charge in [0, 0.05) is 25.9 Å². The highest BCUT2D eigenvalue weighted by atomic mass is 32.2. The fraction of sp³-hybridized carbons (Fsp3) is 0.818. The summed E-state index contributed by atoms with van der Waals surface area (Å²) in [6.45, 7) is 4.74. The fourth-order valence-electron chi connectivity index (χ4n) is 2.24. The molecule has 0 saturated carbocycles. The quantitative estimate of drug-likeness (QED) is 0.826. The first kappa shape index (κ1) is 13.5. The van der Waals surface area contributed by atoms with Crippen LogP contribution < -0.4 is 0 Å². The largest absolute Gasteiger partial charge is 0.425 e. The molecule has 1 aliphatic rings. The van der Waals surface area contributed by atoms with Crippen molar-refractivity contribution in [1.82, 2.24) is 14.5 Å². The molecule has 0 N–H and O–H groups in total. The first-order chi connectivity index (χ1) is 8.53. The van der Waals surface area contributed by atoms with E-state index in [1.165, 1.54) is 0 Å². The molecule has 0 amide bonds. The van der Waals surface area contributed by atoms with Crippen LogP contribution in [-0.4, -0.2) is 41.8 Å². The van der Waals surface area contributed by atoms with Crippen LogP contribution in [-0.2, 0) is 10.0 Å². The third-order valence-electron chi connectivity index (χ3n) is 3.20. The van der Waals surface area contributed by atoms with E-state index in [-0.39, 0.29) is 11.7 Å². The minimum absolute atomic E-state index is 0.194. The van der Waals surface area contributed by atoms with Gasteiger partial charge >= 0.3 is 0 Å². The molecular formula is C11H19N3O3S. The van der Waals surface area contributed by atoms with Crippen LogP contribution in [0.5, 0.6) is 0 Å². The number of hydrogen-bond donors (Lipinski definition) is 0. The highest BCUT2D eigenvalue weighted by Gasteiger charge is 2.30. The second-order valence-corrected chi connectivity index (χ2v) is 6.74. The van der Waals surface area contributed by atoms with Gasteiger partial charge in [-0.3, -0.25) is 0 Å². The van der Waals surface area contributed by atoms with Gasteiger partial charge in [-0.2, -0.15) is 0 Å². The molecule has 102 valence electrons. The highest BCUT2D eigenvalue weighted by molar-refractivity contribution is 7.89. The minimum Gasteiger partial charge on any atom is -0.425 e. The Morgan fingerprint density at radius 3 is 2.50 bits per heavy atom. The smallest absolute Gasteiger partial charge is 0.219 e. The Labute approximate surface area is 107 Å². The van der Waals surface area contributed by atoms with Crippen LogP contribution in [0.1, 0.15) is 43.9 Å². The lowest BCUT2D eigenvalue weighted by Gasteiger charge is -2.29. The lowest BCUT2D eigenvalue weighted by atomic mass is 9.98. The zero-order valence-corrected chi connectivity index (χ0v) is 11.6. The monoisotopic (exact) mass is 273 g/mol. The van der Waals surface area contributed by atoms with Gasteiger partial charge in [-0.1, -0.05) is 6.92 Å². The van der Waals surface area contributed by atoms with Crippen LogP contribution in [0.15, 0.2) is 4.42 Å². The highest BCUT2D eigenvalue weighted by Crippen LogP contribution is 2.28. The van der Waals surface area contributed by atoms with Crippen molar-refractivity contribution >= 4 is 10.0 Å². The van der Waals surface area contributed by atoms with Crippen LogP contribution in [0.25, 0.3) is 0 Å². The summed E-state index contributed by atoms with van der Waals surface area (Å²) in [6.07, 6.45) is 2.17. The Bertz CT molecular complexity index is 489. The van der Waals surface area contributed by atoms with Crippen molar-refractivity contribution in [2.75, 3.05) is 18.8 Å². The van der Waals surface area contributed by atoms with Crippen molar-refractivity contribution in [3.05, 3.63) is 11.8 Å². The van der Waals surface area contributed by atoms with Crippen LogP contribution in [0.2, 0.25) is 0 Å². The molecular weight excluding hydrogens is 254 g/mol. The van der Waals surface area contributed by atoms with E-state index in [1.54, 1.807) is 11.2 Å². The zero-order chi connectivity index (χ0) is 13.2. The number of sulfonamides is 1. The SMILES string of the molecule is CCCS(=O)(=O)N1CCC(c2nnc(C)o2)CC1. The van der Waals surface area contributed by atoms with E-state index in [0.29, 0.717) is 31.3 Å². The average molecular weight is 273 g/mol. The van der Waals surface area contributed by atoms with Gasteiger partial charge in [0.15, 0.2) is 0 Å². The summed E-state index contributed by atoms with van der Waals surface area (Å²) in [5.41, 5.74) is 0. The van der Waals surface area contributed by atoms with Gasteiger partial charge in [0.2, 0.25) is 21.8 Å². The molecule has 0 bridgehead atoms. The normalized spacial score (nSPS) is 19.2. The number of rotatable bonds is 4. The summed E-state index contributed by atoms with van der Waals surface area (Å²) in [5, 5.41) is 7.82. The van der Waals surface area contributed by atoms with E-state index in [0.717, 1.165) is 12.8 Å². The summed E-state index contributed by atoms with van der Waals surface area (Å²) in [4.78, 5) is 0. The molecule has 0 radical (unpaired) electrons. The predicted molar refractivity (Wildman–Crippen MR) is 66.7 cm³/mol. The topological polar surface area (TPSA) is 76.3 Å². The Morgan fingerprint density at radius 2 is 2.00 bits per heavy atom. The van der Waals surface area contributed by atoms with Crippen molar-refractivity contribution in [3.8, 4) is 0 Å². The van der Waals surface area contributed by atoms with Gasteiger partial charge in [-0.05, 0) is 19.3 Å². The molecule has 1 fully saturated rings. The van der Waals surface area contributed by atoms with Gasteiger partial charge in [0.05, 0.1) is 5.75 Å². The summed E-state index contributed by atoms with van der Waals surface area (Å²) in [5.74, 6) is 1.63. The summed E-state index contributed by atoms with van der Waals surface area (Å²) in [6, 6.07) is 0. The molecule has 1 aromatic rings. The Kier molecular flexibility index (Phi) is 4.01. The van der Waals surface area contributed by atoms with Gasteiger partial charge in [0.25, 0.3) is 0 Å². The van der Waals surface area contributed by atoms with Crippen molar-refractivity contribution in [3.63, 3.8) is 0 Å². The Morgan fingerprint density at radius 1 is 1.33 bits per heavy atom. The van der Waals surface area contributed by atoms with Gasteiger partial charge in [-0.15, -0.1) is 10.2 Å². The number of nitrogens with zero attached hydrogens (tertiary/aromatic N) is 3. The maximum Gasteiger partial charge on any atom is 0.219 e. The molecule has 18 heavy (non-hydrogen) atoms. The molecule has 1 saturated heterocycles. The molecule has 0 spiro atoms. The molecule has 0 atom stereocenters. The Balaban J connectivity index is 1.96. The second kappa shape index (κ2) is 5.36. The molecule has 2 rings (SSSR count). The number of piperidine rings is 1. The van der Waals surface area contributed by atoms with Gasteiger partial charge in [0.1, 0.15) is 0 Å². The first-order valence-electron chi connectivity index (χ1n) is 6.30. The summed E-state index contributed by atoms with van der Waals surface area (Å²) in [7, 11) is -3.07. The lowest BCUT2D eigenvalue weighted by Crippen LogP contribution is -2.39. The van der Waals surface area contributed by atoms with E-state index in [4.69, 9.17) is 4.42 Å². The number of aromatic nitrogens is 2. The molecule has 0 unspecified atom stereocenters. The average Bonchev–Trinajstić information content (AvgIpc) is 2.76. The molecule has 0 aromatic carbocycles. The Hall–Kier alpha value is -0.950. The fourth-order valence-corrected chi connectivity index (χ4v) is 3.79. The van der Waals surface area contributed by atoms with Crippen molar-refractivity contribution < 1.29 is 12.8 Å². The maximum absolute atomic E-state index is 11.9. The van der Waals surface area contributed by atoms with E-state index in [2.05, 4.69) is 10.2 Å². The standard InChI is InChI=1S/C11H19N3O3S/c1-3-8-18(15,16)14-6-4-10(5-7-14)11-13-12-9(2)17-11/h10H,3-8H2,1-2H3. The summed E-state index contributed by atoms with van der Waals surface area (Å²) < 4.78 is 30.8. The van der Waals surface area contributed by atoms with E-state index >= 15 is 0 Å². The second-order valence-electron chi connectivity index (χ2n) is 4.65. The first-order valence-corrected chi connectivity index (χ1v) is 7.91. The molecule has 7 heteroatoms. The van der Waals surface area contributed by atoms with Crippen molar-refractivity contribution in [2.24, 2.45) is 0 Å². The minimum atomic E-state index is -3.07. The molecule has 1 aliphatic heterocycles. The van der Waals surface area contributed by atoms with Gasteiger partial charge < -0.3 is 4.42 Å². The molecule has 1 aromatic heterocycles. The molecule has 0 aliphatic carbocycles. The van der Waals surface area contributed by atoms with E-state index in [1.807, 2.05) is 6.92 Å². The third kappa shape index (κ3) is 2.89. The number of aryl methyl sites for hydroxylation is 1. The third-order valence-corrected chi connectivity index (χ3v) is 5.28.